The Morgan fingerprint density at radius 3 is 2.45 bits per heavy atom. The highest BCUT2D eigenvalue weighted by molar-refractivity contribution is 8.00. The van der Waals surface area contributed by atoms with Crippen LogP contribution in [0.3, 0.4) is 0 Å². The van der Waals surface area contributed by atoms with Crippen molar-refractivity contribution in [3.05, 3.63) is 24.3 Å². The van der Waals surface area contributed by atoms with E-state index in [0.717, 1.165) is 23.7 Å². The molecule has 0 aromatic heterocycles. The summed E-state index contributed by atoms with van der Waals surface area (Å²) < 4.78 is 0. The Balaban J connectivity index is 1.80. The van der Waals surface area contributed by atoms with Crippen molar-refractivity contribution in [3.63, 3.8) is 0 Å². The Kier molecular flexibility index (Phi) is 5.35. The van der Waals surface area contributed by atoms with E-state index in [1.54, 1.807) is 12.1 Å². The molecule has 3 nitrogen and oxygen atoms in total. The van der Waals surface area contributed by atoms with Crippen molar-refractivity contribution in [1.82, 2.24) is 4.90 Å². The maximum atomic E-state index is 12.2. The molecule has 1 saturated carbocycles. The molecular formula is C16H23NO2S. The van der Waals surface area contributed by atoms with Gasteiger partial charge in [-0.15, -0.1) is 11.8 Å². The van der Waals surface area contributed by atoms with E-state index >= 15 is 0 Å². The molecule has 110 valence electrons. The van der Waals surface area contributed by atoms with Gasteiger partial charge in [0.15, 0.2) is 0 Å². The quantitative estimate of drug-likeness (QED) is 0.864. The van der Waals surface area contributed by atoms with Crippen LogP contribution in [0.15, 0.2) is 29.2 Å². The standard InChI is InChI=1S/C16H23NO2S/c1-12-3-5-13(6-4-12)17(2)16(19)11-20-15-9-7-14(18)8-10-15/h7-10,12-13,18H,3-6,11H2,1-2H3. The second kappa shape index (κ2) is 7.02. The Bertz CT molecular complexity index is 438. The van der Waals surface area contributed by atoms with E-state index in [2.05, 4.69) is 6.92 Å². The van der Waals surface area contributed by atoms with Crippen molar-refractivity contribution >= 4 is 17.7 Å². The van der Waals surface area contributed by atoms with Gasteiger partial charge in [-0.05, 0) is 55.9 Å². The lowest BCUT2D eigenvalue weighted by Crippen LogP contribution is -2.40. The number of hydrogen-bond donors (Lipinski definition) is 1. The van der Waals surface area contributed by atoms with Crippen molar-refractivity contribution < 1.29 is 9.90 Å². The summed E-state index contributed by atoms with van der Waals surface area (Å²) in [6, 6.07) is 7.41. The summed E-state index contributed by atoms with van der Waals surface area (Å²) in [6.07, 6.45) is 4.72. The van der Waals surface area contributed by atoms with Gasteiger partial charge in [-0.3, -0.25) is 4.79 Å². The third-order valence-corrected chi connectivity index (χ3v) is 5.12. The average molecular weight is 293 g/mol. The number of rotatable bonds is 4. The fourth-order valence-electron chi connectivity index (χ4n) is 2.62. The molecule has 0 spiro atoms. The maximum absolute atomic E-state index is 12.2. The third-order valence-electron chi connectivity index (χ3n) is 4.13. The number of thioether (sulfide) groups is 1. The summed E-state index contributed by atoms with van der Waals surface area (Å²) in [6.45, 7) is 2.29. The molecule has 0 bridgehead atoms. The molecule has 1 fully saturated rings. The highest BCUT2D eigenvalue weighted by atomic mass is 32.2. The van der Waals surface area contributed by atoms with Crippen LogP contribution in [0.5, 0.6) is 5.75 Å². The van der Waals surface area contributed by atoms with Crippen molar-refractivity contribution in [2.45, 2.75) is 43.5 Å². The number of carbonyl (C=O) groups excluding carboxylic acids is 1. The normalized spacial score (nSPS) is 22.5. The van der Waals surface area contributed by atoms with Crippen molar-refractivity contribution in [3.8, 4) is 5.75 Å². The molecule has 0 radical (unpaired) electrons. The van der Waals surface area contributed by atoms with Crippen LogP contribution in [0, 0.1) is 5.92 Å². The Morgan fingerprint density at radius 2 is 1.85 bits per heavy atom. The lowest BCUT2D eigenvalue weighted by Gasteiger charge is -2.33. The van der Waals surface area contributed by atoms with Gasteiger partial charge < -0.3 is 10.0 Å². The summed E-state index contributed by atoms with van der Waals surface area (Å²) in [5.41, 5.74) is 0. The van der Waals surface area contributed by atoms with E-state index in [9.17, 15) is 9.90 Å². The first-order valence-corrected chi connectivity index (χ1v) is 8.22. The van der Waals surface area contributed by atoms with Gasteiger partial charge in [-0.2, -0.15) is 0 Å². The highest BCUT2D eigenvalue weighted by Crippen LogP contribution is 2.27. The highest BCUT2D eigenvalue weighted by Gasteiger charge is 2.24. The number of nitrogens with zero attached hydrogens (tertiary/aromatic N) is 1. The fraction of sp³-hybridized carbons (Fsp3) is 0.562. The number of phenols is 1. The van der Waals surface area contributed by atoms with Gasteiger partial charge >= 0.3 is 0 Å². The molecule has 1 aromatic carbocycles. The second-order valence-electron chi connectivity index (χ2n) is 5.70. The van der Waals surface area contributed by atoms with Crippen LogP contribution in [0.1, 0.15) is 32.6 Å². The van der Waals surface area contributed by atoms with Gasteiger partial charge in [0.2, 0.25) is 5.91 Å². The van der Waals surface area contributed by atoms with E-state index in [-0.39, 0.29) is 11.7 Å². The summed E-state index contributed by atoms with van der Waals surface area (Å²) >= 11 is 1.53. The van der Waals surface area contributed by atoms with E-state index in [4.69, 9.17) is 0 Å². The first-order chi connectivity index (χ1) is 9.56. The van der Waals surface area contributed by atoms with Gasteiger partial charge in [0.1, 0.15) is 5.75 Å². The van der Waals surface area contributed by atoms with Crippen LogP contribution >= 0.6 is 11.8 Å². The largest absolute Gasteiger partial charge is 0.508 e. The molecule has 1 N–H and O–H groups in total. The van der Waals surface area contributed by atoms with Crippen LogP contribution in [-0.2, 0) is 4.79 Å². The van der Waals surface area contributed by atoms with Crippen LogP contribution in [0.4, 0.5) is 0 Å². The van der Waals surface area contributed by atoms with E-state index < -0.39 is 0 Å². The van der Waals surface area contributed by atoms with Gasteiger partial charge in [0, 0.05) is 18.0 Å². The SMILES string of the molecule is CC1CCC(N(C)C(=O)CSc2ccc(O)cc2)CC1. The minimum absolute atomic E-state index is 0.197. The lowest BCUT2D eigenvalue weighted by molar-refractivity contribution is -0.129. The molecule has 1 amide bonds. The molecule has 20 heavy (non-hydrogen) atoms. The van der Waals surface area contributed by atoms with E-state index in [0.29, 0.717) is 11.8 Å². The van der Waals surface area contributed by atoms with Crippen molar-refractivity contribution in [2.24, 2.45) is 5.92 Å². The fourth-order valence-corrected chi connectivity index (χ4v) is 3.44. The predicted octanol–water partition coefficient (Wildman–Crippen LogP) is 3.52. The van der Waals surface area contributed by atoms with Gasteiger partial charge in [0.05, 0.1) is 5.75 Å². The number of aromatic hydroxyl groups is 1. The summed E-state index contributed by atoms with van der Waals surface area (Å²) in [5.74, 6) is 1.73. The Labute approximate surface area is 125 Å². The third kappa shape index (κ3) is 4.17. The molecule has 0 unspecified atom stereocenters. The molecule has 1 aliphatic carbocycles. The second-order valence-corrected chi connectivity index (χ2v) is 6.75. The summed E-state index contributed by atoms with van der Waals surface area (Å²) in [5, 5.41) is 9.23. The number of phenolic OH excluding ortho intramolecular Hbond substituents is 1. The topological polar surface area (TPSA) is 40.5 Å². The number of hydrogen-bond acceptors (Lipinski definition) is 3. The van der Waals surface area contributed by atoms with Crippen LogP contribution in [0.2, 0.25) is 0 Å². The predicted molar refractivity (Wildman–Crippen MR) is 83.0 cm³/mol. The lowest BCUT2D eigenvalue weighted by atomic mass is 9.87. The molecule has 2 rings (SSSR count). The number of benzene rings is 1. The molecule has 1 aromatic rings. The maximum Gasteiger partial charge on any atom is 0.232 e. The number of amides is 1. The van der Waals surface area contributed by atoms with Crippen molar-refractivity contribution in [1.29, 1.82) is 0 Å². The van der Waals surface area contributed by atoms with Crippen molar-refractivity contribution in [2.75, 3.05) is 12.8 Å². The van der Waals surface area contributed by atoms with Crippen LogP contribution < -0.4 is 0 Å². The summed E-state index contributed by atoms with van der Waals surface area (Å²) in [4.78, 5) is 15.2. The molecule has 0 aliphatic heterocycles. The molecule has 0 atom stereocenters. The molecular weight excluding hydrogens is 270 g/mol. The first-order valence-electron chi connectivity index (χ1n) is 7.23. The summed E-state index contributed by atoms with van der Waals surface area (Å²) in [7, 11) is 1.93. The molecule has 4 heteroatoms. The van der Waals surface area contributed by atoms with Gasteiger partial charge in [-0.25, -0.2) is 0 Å². The first kappa shape index (κ1) is 15.2. The zero-order chi connectivity index (χ0) is 14.5. The van der Waals surface area contributed by atoms with E-state index in [1.807, 2.05) is 24.1 Å². The minimum atomic E-state index is 0.197. The Hall–Kier alpha value is -1.16. The number of carbonyl (C=O) groups is 1. The molecule has 1 aliphatic rings. The van der Waals surface area contributed by atoms with E-state index in [1.165, 1.54) is 24.6 Å². The Morgan fingerprint density at radius 1 is 1.25 bits per heavy atom. The molecule has 0 heterocycles. The zero-order valence-electron chi connectivity index (χ0n) is 12.2. The molecule has 0 saturated heterocycles. The average Bonchev–Trinajstić information content (AvgIpc) is 2.46. The van der Waals surface area contributed by atoms with Crippen LogP contribution in [-0.4, -0.2) is 34.8 Å². The minimum Gasteiger partial charge on any atom is -0.508 e. The van der Waals surface area contributed by atoms with Crippen LogP contribution in [0.25, 0.3) is 0 Å². The van der Waals surface area contributed by atoms with Gasteiger partial charge in [-0.1, -0.05) is 6.92 Å². The van der Waals surface area contributed by atoms with Gasteiger partial charge in [0.25, 0.3) is 0 Å². The smallest absolute Gasteiger partial charge is 0.232 e. The zero-order valence-corrected chi connectivity index (χ0v) is 13.0. The monoisotopic (exact) mass is 293 g/mol.